The summed E-state index contributed by atoms with van der Waals surface area (Å²) in [5.41, 5.74) is 1.10. The summed E-state index contributed by atoms with van der Waals surface area (Å²) in [5.74, 6) is -0.244. The number of hydrogen-bond acceptors (Lipinski definition) is 4. The number of rotatable bonds is 5. The van der Waals surface area contributed by atoms with E-state index < -0.39 is 0 Å². The van der Waals surface area contributed by atoms with Gasteiger partial charge in [-0.3, -0.25) is 9.59 Å². The van der Waals surface area contributed by atoms with Gasteiger partial charge >= 0.3 is 6.03 Å². The molecule has 0 spiro atoms. The normalized spacial score (nSPS) is 17.4. The number of carbonyl (C=O) groups excluding carboxylic acids is 3. The van der Waals surface area contributed by atoms with Crippen LogP contribution < -0.4 is 16.0 Å². The fourth-order valence-electron chi connectivity index (χ4n) is 2.47. The van der Waals surface area contributed by atoms with E-state index in [4.69, 9.17) is 4.74 Å². The lowest BCUT2D eigenvalue weighted by molar-refractivity contribution is -0.120. The molecule has 0 radical (unpaired) electrons. The number of anilines is 1. The molecule has 0 aliphatic carbocycles. The van der Waals surface area contributed by atoms with E-state index >= 15 is 0 Å². The molecule has 136 valence electrons. The van der Waals surface area contributed by atoms with Gasteiger partial charge in [-0.15, -0.1) is 0 Å². The predicted molar refractivity (Wildman–Crippen MR) is 93.5 cm³/mol. The van der Waals surface area contributed by atoms with Gasteiger partial charge in [0.1, 0.15) is 0 Å². The summed E-state index contributed by atoms with van der Waals surface area (Å²) >= 11 is 0. The monoisotopic (exact) mass is 348 g/mol. The number of benzene rings is 1. The zero-order valence-corrected chi connectivity index (χ0v) is 14.5. The van der Waals surface area contributed by atoms with Crippen LogP contribution in [0.3, 0.4) is 0 Å². The number of nitrogens with zero attached hydrogens (tertiary/aromatic N) is 1. The van der Waals surface area contributed by atoms with E-state index in [-0.39, 0.29) is 23.9 Å². The summed E-state index contributed by atoms with van der Waals surface area (Å²) in [5, 5.41) is 8.30. The second-order valence-electron chi connectivity index (χ2n) is 5.85. The van der Waals surface area contributed by atoms with Gasteiger partial charge in [0.15, 0.2) is 0 Å². The molecule has 1 atom stereocenters. The zero-order chi connectivity index (χ0) is 18.2. The van der Waals surface area contributed by atoms with Gasteiger partial charge in [0.05, 0.1) is 6.61 Å². The number of hydrogen-bond donors (Lipinski definition) is 3. The van der Waals surface area contributed by atoms with E-state index in [1.54, 1.807) is 36.3 Å². The zero-order valence-electron chi connectivity index (χ0n) is 14.5. The molecule has 8 heteroatoms. The van der Waals surface area contributed by atoms with Crippen LogP contribution in [0.1, 0.15) is 23.7 Å². The van der Waals surface area contributed by atoms with E-state index in [2.05, 4.69) is 16.0 Å². The van der Waals surface area contributed by atoms with E-state index in [9.17, 15) is 14.4 Å². The summed E-state index contributed by atoms with van der Waals surface area (Å²) in [6, 6.07) is 6.30. The van der Waals surface area contributed by atoms with E-state index in [1.807, 2.05) is 6.92 Å². The van der Waals surface area contributed by atoms with Crippen molar-refractivity contribution >= 4 is 23.5 Å². The molecule has 4 amide bonds. The van der Waals surface area contributed by atoms with E-state index in [1.165, 1.54) is 0 Å². The summed E-state index contributed by atoms with van der Waals surface area (Å²) in [4.78, 5) is 37.4. The average Bonchev–Trinajstić information content (AvgIpc) is 2.77. The minimum Gasteiger partial charge on any atom is -0.383 e. The van der Waals surface area contributed by atoms with Crippen LogP contribution in [-0.2, 0) is 9.53 Å². The molecule has 0 unspecified atom stereocenters. The molecular weight excluding hydrogens is 324 g/mol. The summed E-state index contributed by atoms with van der Waals surface area (Å²) < 4.78 is 4.88. The second-order valence-corrected chi connectivity index (χ2v) is 5.85. The molecule has 3 N–H and O–H groups in total. The molecule has 25 heavy (non-hydrogen) atoms. The van der Waals surface area contributed by atoms with Crippen molar-refractivity contribution in [3.63, 3.8) is 0 Å². The Balaban J connectivity index is 1.92. The molecule has 0 bridgehead atoms. The van der Waals surface area contributed by atoms with Gasteiger partial charge in [0, 0.05) is 50.5 Å². The SMILES string of the molecule is COCCNC(=O)c1ccc(NC(=O)N2CCC(=O)NC[C@@H]2C)cc1. The Bertz CT molecular complexity index is 618. The van der Waals surface area contributed by atoms with Gasteiger partial charge < -0.3 is 25.6 Å². The number of methoxy groups -OCH3 is 1. The van der Waals surface area contributed by atoms with Gasteiger partial charge in [-0.05, 0) is 31.2 Å². The standard InChI is InChI=1S/C17H24N4O4/c1-12-11-19-15(22)7-9-21(12)17(24)20-14-5-3-13(4-6-14)16(23)18-8-10-25-2/h3-6,12H,7-11H2,1-2H3,(H,18,23)(H,19,22)(H,20,24)/t12-/m0/s1. The number of carbonyl (C=O) groups is 3. The topological polar surface area (TPSA) is 99.8 Å². The number of urea groups is 1. The van der Waals surface area contributed by atoms with Crippen LogP contribution in [0.25, 0.3) is 0 Å². The first-order valence-electron chi connectivity index (χ1n) is 8.22. The maximum atomic E-state index is 12.4. The van der Waals surface area contributed by atoms with Crippen LogP contribution in [-0.4, -0.2) is 62.1 Å². The summed E-state index contributed by atoms with van der Waals surface area (Å²) in [7, 11) is 1.57. The minimum absolute atomic E-state index is 0.0500. The number of amides is 4. The maximum absolute atomic E-state index is 12.4. The third-order valence-corrected chi connectivity index (χ3v) is 3.96. The van der Waals surface area contributed by atoms with Crippen molar-refractivity contribution in [2.24, 2.45) is 0 Å². The largest absolute Gasteiger partial charge is 0.383 e. The Kier molecular flexibility index (Phi) is 6.76. The van der Waals surface area contributed by atoms with Crippen LogP contribution in [0.2, 0.25) is 0 Å². The molecule has 1 aromatic rings. The van der Waals surface area contributed by atoms with Crippen molar-refractivity contribution in [1.82, 2.24) is 15.5 Å². The molecule has 1 aliphatic heterocycles. The molecule has 0 aromatic heterocycles. The van der Waals surface area contributed by atoms with Crippen molar-refractivity contribution in [2.75, 3.05) is 38.7 Å². The van der Waals surface area contributed by atoms with Crippen molar-refractivity contribution in [1.29, 1.82) is 0 Å². The molecule has 1 aliphatic rings. The van der Waals surface area contributed by atoms with Crippen LogP contribution in [0.15, 0.2) is 24.3 Å². The van der Waals surface area contributed by atoms with Crippen LogP contribution >= 0.6 is 0 Å². The summed E-state index contributed by atoms with van der Waals surface area (Å²) in [6.07, 6.45) is 0.290. The lowest BCUT2D eigenvalue weighted by Crippen LogP contribution is -2.44. The maximum Gasteiger partial charge on any atom is 0.322 e. The molecule has 1 saturated heterocycles. The molecule has 1 heterocycles. The van der Waals surface area contributed by atoms with Gasteiger partial charge in [-0.1, -0.05) is 0 Å². The lowest BCUT2D eigenvalue weighted by atomic mass is 10.2. The highest BCUT2D eigenvalue weighted by Gasteiger charge is 2.24. The quantitative estimate of drug-likeness (QED) is 0.686. The highest BCUT2D eigenvalue weighted by atomic mass is 16.5. The highest BCUT2D eigenvalue weighted by molar-refractivity contribution is 5.95. The fraction of sp³-hybridized carbons (Fsp3) is 0.471. The van der Waals surface area contributed by atoms with E-state index in [0.29, 0.717) is 43.9 Å². The first-order chi connectivity index (χ1) is 12.0. The Morgan fingerprint density at radius 3 is 2.72 bits per heavy atom. The second kappa shape index (κ2) is 9.03. The van der Waals surface area contributed by atoms with Crippen molar-refractivity contribution < 1.29 is 19.1 Å². The van der Waals surface area contributed by atoms with Crippen molar-refractivity contribution in [3.8, 4) is 0 Å². The third kappa shape index (κ3) is 5.46. The lowest BCUT2D eigenvalue weighted by Gasteiger charge is -2.26. The molecule has 1 aromatic carbocycles. The summed E-state index contributed by atoms with van der Waals surface area (Å²) in [6.45, 7) is 3.59. The smallest absolute Gasteiger partial charge is 0.322 e. The van der Waals surface area contributed by atoms with Crippen molar-refractivity contribution in [2.45, 2.75) is 19.4 Å². The number of ether oxygens (including phenoxy) is 1. The molecule has 1 fully saturated rings. The van der Waals surface area contributed by atoms with Gasteiger partial charge in [-0.2, -0.15) is 0 Å². The first-order valence-corrected chi connectivity index (χ1v) is 8.22. The Morgan fingerprint density at radius 1 is 1.32 bits per heavy atom. The fourth-order valence-corrected chi connectivity index (χ4v) is 2.47. The Labute approximate surface area is 146 Å². The van der Waals surface area contributed by atoms with Crippen molar-refractivity contribution in [3.05, 3.63) is 29.8 Å². The molecule has 8 nitrogen and oxygen atoms in total. The predicted octanol–water partition coefficient (Wildman–Crippen LogP) is 0.805. The minimum atomic E-state index is -0.263. The third-order valence-electron chi connectivity index (χ3n) is 3.96. The molecule has 2 rings (SSSR count). The average molecular weight is 348 g/mol. The first kappa shape index (κ1) is 18.7. The van der Waals surface area contributed by atoms with E-state index in [0.717, 1.165) is 0 Å². The Morgan fingerprint density at radius 2 is 2.04 bits per heavy atom. The number of nitrogens with one attached hydrogen (secondary N) is 3. The van der Waals surface area contributed by atoms with Crippen LogP contribution in [0.5, 0.6) is 0 Å². The van der Waals surface area contributed by atoms with Gasteiger partial charge in [0.25, 0.3) is 5.91 Å². The highest BCUT2D eigenvalue weighted by Crippen LogP contribution is 2.13. The van der Waals surface area contributed by atoms with Crippen LogP contribution in [0, 0.1) is 0 Å². The molecule has 0 saturated carbocycles. The molecular formula is C17H24N4O4. The van der Waals surface area contributed by atoms with Gasteiger partial charge in [0.2, 0.25) is 5.91 Å². The van der Waals surface area contributed by atoms with Gasteiger partial charge in [-0.25, -0.2) is 4.79 Å². The van der Waals surface area contributed by atoms with Crippen LogP contribution in [0.4, 0.5) is 10.5 Å². The Hall–Kier alpha value is -2.61.